The van der Waals surface area contributed by atoms with E-state index < -0.39 is 0 Å². The molecule has 1 aliphatic carbocycles. The molecule has 1 atom stereocenters. The Morgan fingerprint density at radius 2 is 1.77 bits per heavy atom. The van der Waals surface area contributed by atoms with E-state index in [0.29, 0.717) is 36.9 Å². The van der Waals surface area contributed by atoms with Crippen LogP contribution in [-0.2, 0) is 36.0 Å². The number of nitrogens with zero attached hydrogens (tertiary/aromatic N) is 4. The highest BCUT2D eigenvalue weighted by atomic mass is 16.5. The Labute approximate surface area is 206 Å². The Kier molecular flexibility index (Phi) is 7.64. The highest BCUT2D eigenvalue weighted by Crippen LogP contribution is 2.26. The van der Waals surface area contributed by atoms with E-state index in [1.807, 2.05) is 39.1 Å². The van der Waals surface area contributed by atoms with E-state index in [1.165, 1.54) is 0 Å². The quantitative estimate of drug-likeness (QED) is 0.601. The molecular formula is C26H36N4O5. The number of rotatable bonds is 7. The molecule has 0 unspecified atom stereocenters. The van der Waals surface area contributed by atoms with E-state index in [4.69, 9.17) is 14.2 Å². The number of carbonyl (C=O) groups excluding carboxylic acids is 2. The van der Waals surface area contributed by atoms with Gasteiger partial charge >= 0.3 is 0 Å². The molecule has 1 aromatic carbocycles. The average molecular weight is 485 g/mol. The first-order valence-electron chi connectivity index (χ1n) is 12.3. The summed E-state index contributed by atoms with van der Waals surface area (Å²) in [4.78, 5) is 30.3. The van der Waals surface area contributed by atoms with Crippen LogP contribution in [0.25, 0.3) is 0 Å². The Morgan fingerprint density at radius 3 is 2.43 bits per heavy atom. The molecule has 1 fully saturated rings. The normalized spacial score (nSPS) is 18.5. The minimum absolute atomic E-state index is 0.00466. The predicted octanol–water partition coefficient (Wildman–Crippen LogP) is 2.59. The van der Waals surface area contributed by atoms with Gasteiger partial charge in [-0.3, -0.25) is 14.3 Å². The van der Waals surface area contributed by atoms with E-state index in [1.54, 1.807) is 28.7 Å². The number of fused-ring (bicyclic) bond motifs is 1. The van der Waals surface area contributed by atoms with Crippen molar-refractivity contribution in [2.75, 3.05) is 33.9 Å². The summed E-state index contributed by atoms with van der Waals surface area (Å²) in [5.41, 5.74) is 3.53. The minimum Gasteiger partial charge on any atom is -0.497 e. The third-order valence-electron chi connectivity index (χ3n) is 6.80. The second-order valence-corrected chi connectivity index (χ2v) is 9.58. The van der Waals surface area contributed by atoms with E-state index in [2.05, 4.69) is 5.10 Å². The Hall–Kier alpha value is -3.07. The number of carbonyl (C=O) groups is 2. The van der Waals surface area contributed by atoms with Gasteiger partial charge in [0.1, 0.15) is 23.7 Å². The monoisotopic (exact) mass is 484 g/mol. The van der Waals surface area contributed by atoms with Crippen molar-refractivity contribution in [3.8, 4) is 11.5 Å². The molecule has 0 radical (unpaired) electrons. The molecule has 2 aliphatic rings. The first-order valence-corrected chi connectivity index (χ1v) is 12.3. The maximum Gasteiger partial charge on any atom is 0.272 e. The Bertz CT molecular complexity index is 1060. The largest absolute Gasteiger partial charge is 0.497 e. The van der Waals surface area contributed by atoms with Gasteiger partial charge in [-0.05, 0) is 57.2 Å². The van der Waals surface area contributed by atoms with E-state index in [9.17, 15) is 9.59 Å². The zero-order valence-corrected chi connectivity index (χ0v) is 21.4. The van der Waals surface area contributed by atoms with Crippen molar-refractivity contribution in [2.45, 2.75) is 58.3 Å². The summed E-state index contributed by atoms with van der Waals surface area (Å²) in [5, 5.41) is 4.60. The number of benzene rings is 1. The molecule has 4 rings (SSSR count). The standard InChI is InChI=1S/C26H36N4O5/c1-17(2)30-14-21(35-16-18-10-19(33-4)12-20(11-18)34-5)13-29(15-24(30)31)26(32)25-22-8-6-7-9-23(22)27-28(25)3/h10-12,17,21H,6-9,13-16H2,1-5H3/t21-/m1/s1. The van der Waals surface area contributed by atoms with E-state index >= 15 is 0 Å². The number of methoxy groups -OCH3 is 2. The van der Waals surface area contributed by atoms with Gasteiger partial charge in [-0.2, -0.15) is 5.10 Å². The molecule has 2 heterocycles. The van der Waals surface area contributed by atoms with Crippen molar-refractivity contribution in [1.29, 1.82) is 0 Å². The van der Waals surface area contributed by atoms with Crippen molar-refractivity contribution in [3.05, 3.63) is 40.7 Å². The van der Waals surface area contributed by atoms with Gasteiger partial charge in [-0.25, -0.2) is 0 Å². The topological polar surface area (TPSA) is 86.1 Å². The lowest BCUT2D eigenvalue weighted by atomic mass is 9.95. The Balaban J connectivity index is 1.56. The van der Waals surface area contributed by atoms with Crippen LogP contribution in [0.2, 0.25) is 0 Å². The number of hydrogen-bond donors (Lipinski definition) is 0. The van der Waals surface area contributed by atoms with Crippen LogP contribution in [0.5, 0.6) is 11.5 Å². The van der Waals surface area contributed by atoms with Crippen molar-refractivity contribution in [2.24, 2.45) is 7.05 Å². The molecule has 1 aliphatic heterocycles. The third-order valence-corrected chi connectivity index (χ3v) is 6.80. The van der Waals surface area contributed by atoms with Crippen LogP contribution in [0, 0.1) is 0 Å². The second kappa shape index (κ2) is 10.7. The summed E-state index contributed by atoms with van der Waals surface area (Å²) >= 11 is 0. The van der Waals surface area contributed by atoms with Crippen LogP contribution in [-0.4, -0.2) is 77.4 Å². The average Bonchev–Trinajstić information content (AvgIpc) is 3.08. The van der Waals surface area contributed by atoms with Gasteiger partial charge in [0.25, 0.3) is 5.91 Å². The molecule has 0 bridgehead atoms. The molecule has 2 amide bonds. The van der Waals surface area contributed by atoms with Gasteiger partial charge in [0.2, 0.25) is 5.91 Å². The third kappa shape index (κ3) is 5.45. The zero-order valence-electron chi connectivity index (χ0n) is 21.4. The van der Waals surface area contributed by atoms with Crippen LogP contribution >= 0.6 is 0 Å². The number of aromatic nitrogens is 2. The van der Waals surface area contributed by atoms with Gasteiger partial charge < -0.3 is 24.0 Å². The molecule has 9 heteroatoms. The summed E-state index contributed by atoms with van der Waals surface area (Å²) in [6.45, 7) is 5.05. The molecule has 0 saturated carbocycles. The number of aryl methyl sites for hydroxylation is 2. The summed E-state index contributed by atoms with van der Waals surface area (Å²) in [5.74, 6) is 1.14. The second-order valence-electron chi connectivity index (χ2n) is 9.58. The molecule has 0 N–H and O–H groups in total. The van der Waals surface area contributed by atoms with Crippen molar-refractivity contribution in [1.82, 2.24) is 19.6 Å². The van der Waals surface area contributed by atoms with Crippen molar-refractivity contribution >= 4 is 11.8 Å². The molecule has 1 saturated heterocycles. The summed E-state index contributed by atoms with van der Waals surface area (Å²) in [6, 6.07) is 5.61. The fraction of sp³-hybridized carbons (Fsp3) is 0.577. The lowest BCUT2D eigenvalue weighted by Crippen LogP contribution is -2.42. The van der Waals surface area contributed by atoms with Gasteiger partial charge in [0, 0.05) is 37.8 Å². The molecule has 190 valence electrons. The van der Waals surface area contributed by atoms with Crippen LogP contribution in [0.1, 0.15) is 54.0 Å². The van der Waals surface area contributed by atoms with Crippen molar-refractivity contribution < 1.29 is 23.8 Å². The maximum absolute atomic E-state index is 13.7. The lowest BCUT2D eigenvalue weighted by Gasteiger charge is -2.27. The van der Waals surface area contributed by atoms with Gasteiger partial charge in [-0.15, -0.1) is 0 Å². The predicted molar refractivity (Wildman–Crippen MR) is 131 cm³/mol. The number of hydrogen-bond acceptors (Lipinski definition) is 6. The fourth-order valence-corrected chi connectivity index (χ4v) is 4.96. The molecule has 1 aromatic heterocycles. The summed E-state index contributed by atoms with van der Waals surface area (Å²) < 4.78 is 18.7. The highest BCUT2D eigenvalue weighted by Gasteiger charge is 2.35. The Morgan fingerprint density at radius 1 is 1.09 bits per heavy atom. The molecule has 2 aromatic rings. The number of ether oxygens (including phenoxy) is 3. The van der Waals surface area contributed by atoms with Crippen molar-refractivity contribution in [3.63, 3.8) is 0 Å². The molecule has 35 heavy (non-hydrogen) atoms. The van der Waals surface area contributed by atoms with E-state index in [-0.39, 0.29) is 30.5 Å². The smallest absolute Gasteiger partial charge is 0.272 e. The lowest BCUT2D eigenvalue weighted by molar-refractivity contribution is -0.133. The maximum atomic E-state index is 13.7. The summed E-state index contributed by atoms with van der Waals surface area (Å²) in [6.07, 6.45) is 3.55. The van der Waals surface area contributed by atoms with Crippen LogP contribution in [0.15, 0.2) is 18.2 Å². The zero-order chi connectivity index (χ0) is 25.1. The van der Waals surface area contributed by atoms with Crippen LogP contribution in [0.4, 0.5) is 0 Å². The van der Waals surface area contributed by atoms with Crippen LogP contribution < -0.4 is 9.47 Å². The molecule has 0 spiro atoms. The highest BCUT2D eigenvalue weighted by molar-refractivity contribution is 5.97. The number of amides is 2. The molecule has 9 nitrogen and oxygen atoms in total. The minimum atomic E-state index is -0.339. The first kappa shape index (κ1) is 25.0. The van der Waals surface area contributed by atoms with Gasteiger partial charge in [0.05, 0.1) is 32.6 Å². The summed E-state index contributed by atoms with van der Waals surface area (Å²) in [7, 11) is 5.03. The van der Waals surface area contributed by atoms with E-state index in [0.717, 1.165) is 42.5 Å². The molecular weight excluding hydrogens is 448 g/mol. The SMILES string of the molecule is COc1cc(CO[C@@H]2CN(C(=O)c3c4c(nn3C)CCCC4)CC(=O)N(C(C)C)C2)cc(OC)c1. The first-order chi connectivity index (χ1) is 16.8. The van der Waals surface area contributed by atoms with Gasteiger partial charge in [0.15, 0.2) is 0 Å². The van der Waals surface area contributed by atoms with Crippen LogP contribution in [0.3, 0.4) is 0 Å². The van der Waals surface area contributed by atoms with Gasteiger partial charge in [-0.1, -0.05) is 0 Å². The fourth-order valence-electron chi connectivity index (χ4n) is 4.96.